The van der Waals surface area contributed by atoms with Gasteiger partial charge in [0.2, 0.25) is 0 Å². The normalized spacial score (nSPS) is 28.8. The number of alkyl halides is 1. The molecule has 19 heavy (non-hydrogen) atoms. The van der Waals surface area contributed by atoms with Crippen molar-refractivity contribution in [2.45, 2.75) is 38.1 Å². The second-order valence-corrected chi connectivity index (χ2v) is 4.87. The van der Waals surface area contributed by atoms with Crippen molar-refractivity contribution < 1.29 is 9.18 Å². The molecule has 4 nitrogen and oxygen atoms in total. The summed E-state index contributed by atoms with van der Waals surface area (Å²) >= 11 is 0. The van der Waals surface area contributed by atoms with Crippen LogP contribution in [0.1, 0.15) is 31.4 Å². The van der Waals surface area contributed by atoms with Gasteiger partial charge in [0, 0.05) is 12.8 Å². The summed E-state index contributed by atoms with van der Waals surface area (Å²) in [6, 6.07) is 9.08. The van der Waals surface area contributed by atoms with Gasteiger partial charge in [-0.3, -0.25) is 9.80 Å². The molecule has 1 unspecified atom stereocenters. The summed E-state index contributed by atoms with van der Waals surface area (Å²) in [6.07, 6.45) is -0.419. The van der Waals surface area contributed by atoms with Crippen molar-refractivity contribution in [3.8, 4) is 0 Å². The Bertz CT molecular complexity index is 517. The molecule has 1 N–H and O–H groups in total. The van der Waals surface area contributed by atoms with Crippen LogP contribution in [-0.2, 0) is 4.79 Å². The fraction of sp³-hybridized carbons (Fsp3) is 0.429. The number of halogens is 1. The molecule has 0 saturated carbocycles. The minimum Gasteiger partial charge on any atom is -0.344 e. The van der Waals surface area contributed by atoms with E-state index >= 15 is 0 Å². The van der Waals surface area contributed by atoms with Gasteiger partial charge < -0.3 is 5.32 Å². The van der Waals surface area contributed by atoms with E-state index in [1.165, 1.54) is 0 Å². The van der Waals surface area contributed by atoms with E-state index in [1.807, 2.05) is 30.3 Å². The summed E-state index contributed by atoms with van der Waals surface area (Å²) in [6.45, 7) is 1.79. The lowest BCUT2D eigenvalue weighted by atomic mass is 10.0. The molecule has 1 aromatic rings. The van der Waals surface area contributed by atoms with Crippen LogP contribution < -0.4 is 5.32 Å². The second-order valence-electron chi connectivity index (χ2n) is 4.87. The van der Waals surface area contributed by atoms with Gasteiger partial charge >= 0.3 is 0 Å². The van der Waals surface area contributed by atoms with E-state index < -0.39 is 12.2 Å². The molecule has 1 saturated heterocycles. The number of nitrogens with one attached hydrogen (secondary N) is 1. The van der Waals surface area contributed by atoms with E-state index in [1.54, 1.807) is 11.9 Å². The molecule has 2 heterocycles. The van der Waals surface area contributed by atoms with E-state index in [2.05, 4.69) is 10.4 Å². The summed E-state index contributed by atoms with van der Waals surface area (Å²) in [5.41, 5.74) is 0.897. The minimum atomic E-state index is -0.970. The fourth-order valence-electron chi connectivity index (χ4n) is 2.68. The molecular weight excluding hydrogens is 245 g/mol. The van der Waals surface area contributed by atoms with Crippen molar-refractivity contribution in [2.75, 3.05) is 0 Å². The van der Waals surface area contributed by atoms with Gasteiger partial charge in [-0.2, -0.15) is 5.10 Å². The van der Waals surface area contributed by atoms with Crippen LogP contribution in [0.2, 0.25) is 0 Å². The summed E-state index contributed by atoms with van der Waals surface area (Å²) in [5.74, 6) is 0.331. The number of amidine groups is 1. The molecule has 1 fully saturated rings. The van der Waals surface area contributed by atoms with Crippen molar-refractivity contribution in [1.29, 1.82) is 0 Å². The third kappa shape index (κ3) is 1.99. The second kappa shape index (κ2) is 4.64. The van der Waals surface area contributed by atoms with Crippen molar-refractivity contribution in [3.05, 3.63) is 35.9 Å². The van der Waals surface area contributed by atoms with Gasteiger partial charge in [0.15, 0.2) is 11.6 Å². The maximum absolute atomic E-state index is 14.2. The molecule has 3 rings (SSSR count). The van der Waals surface area contributed by atoms with Gasteiger partial charge in [0.05, 0.1) is 0 Å². The van der Waals surface area contributed by atoms with Gasteiger partial charge in [-0.25, -0.2) is 4.39 Å². The van der Waals surface area contributed by atoms with Gasteiger partial charge in [-0.15, -0.1) is 0 Å². The van der Waals surface area contributed by atoms with Crippen molar-refractivity contribution in [2.24, 2.45) is 5.10 Å². The number of benzene rings is 1. The van der Waals surface area contributed by atoms with Crippen molar-refractivity contribution in [1.82, 2.24) is 10.3 Å². The molecule has 3 atom stereocenters. The lowest BCUT2D eigenvalue weighted by Gasteiger charge is -2.22. The molecule has 0 radical (unpaired) electrons. The SMILES string of the molecule is CCC(=O)C1=NN2C(C[C@H](F)[C@H]2c2ccccc2)N1. The zero-order chi connectivity index (χ0) is 13.4. The quantitative estimate of drug-likeness (QED) is 0.905. The highest BCUT2D eigenvalue weighted by molar-refractivity contribution is 6.39. The first-order chi connectivity index (χ1) is 9.20. The number of carbonyl (C=O) groups excluding carboxylic acids is 1. The summed E-state index contributed by atoms with van der Waals surface area (Å²) in [5, 5.41) is 9.00. The third-order valence-corrected chi connectivity index (χ3v) is 3.64. The number of hydrogen-bond acceptors (Lipinski definition) is 4. The Morgan fingerprint density at radius 2 is 2.21 bits per heavy atom. The van der Waals surface area contributed by atoms with E-state index in [9.17, 15) is 9.18 Å². The summed E-state index contributed by atoms with van der Waals surface area (Å²) < 4.78 is 14.2. The van der Waals surface area contributed by atoms with Gasteiger partial charge in [-0.1, -0.05) is 37.3 Å². The van der Waals surface area contributed by atoms with Gasteiger partial charge in [0.1, 0.15) is 18.4 Å². The predicted molar refractivity (Wildman–Crippen MR) is 70.2 cm³/mol. The van der Waals surface area contributed by atoms with Gasteiger partial charge in [0.25, 0.3) is 0 Å². The van der Waals surface area contributed by atoms with E-state index in [0.29, 0.717) is 18.7 Å². The Labute approximate surface area is 111 Å². The topological polar surface area (TPSA) is 44.7 Å². The maximum atomic E-state index is 14.2. The Morgan fingerprint density at radius 3 is 2.89 bits per heavy atom. The molecule has 1 aromatic carbocycles. The molecule has 5 heteroatoms. The predicted octanol–water partition coefficient (Wildman–Crippen LogP) is 1.99. The number of Topliss-reactive ketones (excluding diaryl/α,β-unsaturated/α-hetero) is 1. The van der Waals surface area contributed by atoms with Crippen LogP contribution in [-0.4, -0.2) is 29.0 Å². The average Bonchev–Trinajstić information content (AvgIpc) is 2.95. The number of carbonyl (C=O) groups is 1. The third-order valence-electron chi connectivity index (χ3n) is 3.64. The monoisotopic (exact) mass is 261 g/mol. The Kier molecular flexibility index (Phi) is 2.97. The molecule has 100 valence electrons. The molecule has 0 aromatic heterocycles. The molecule has 0 spiro atoms. The molecule has 0 amide bonds. The van der Waals surface area contributed by atoms with Gasteiger partial charge in [-0.05, 0) is 5.56 Å². The Balaban J connectivity index is 1.89. The molecular formula is C14H16FN3O. The molecule has 0 aliphatic carbocycles. The van der Waals surface area contributed by atoms with Crippen LogP contribution in [0.25, 0.3) is 0 Å². The smallest absolute Gasteiger partial charge is 0.199 e. The highest BCUT2D eigenvalue weighted by atomic mass is 19.1. The number of ketones is 1. The summed E-state index contributed by atoms with van der Waals surface area (Å²) in [7, 11) is 0. The standard InChI is InChI=1S/C14H16FN3O/c1-2-11(19)14-16-12-8-10(15)13(18(12)17-14)9-6-4-3-5-7-9/h3-7,10,12-13H,2,8H2,1H3,(H,16,17)/t10-,12?,13+/m0/s1. The number of rotatable bonds is 3. The number of hydrazone groups is 1. The van der Waals surface area contributed by atoms with Crippen LogP contribution in [0.3, 0.4) is 0 Å². The first-order valence-corrected chi connectivity index (χ1v) is 6.56. The number of fused-ring (bicyclic) bond motifs is 1. The zero-order valence-corrected chi connectivity index (χ0v) is 10.7. The molecule has 2 aliphatic heterocycles. The van der Waals surface area contributed by atoms with E-state index in [4.69, 9.17) is 0 Å². The highest BCUT2D eigenvalue weighted by Crippen LogP contribution is 2.39. The number of hydrogen-bond donors (Lipinski definition) is 1. The van der Waals surface area contributed by atoms with Crippen LogP contribution in [0.5, 0.6) is 0 Å². The van der Waals surface area contributed by atoms with E-state index in [0.717, 1.165) is 5.56 Å². The van der Waals surface area contributed by atoms with E-state index in [-0.39, 0.29) is 11.9 Å². The Morgan fingerprint density at radius 1 is 1.47 bits per heavy atom. The first kappa shape index (κ1) is 12.1. The number of nitrogens with zero attached hydrogens (tertiary/aromatic N) is 2. The summed E-state index contributed by atoms with van der Waals surface area (Å²) in [4.78, 5) is 11.7. The average molecular weight is 261 g/mol. The minimum absolute atomic E-state index is 0.0309. The maximum Gasteiger partial charge on any atom is 0.199 e. The van der Waals surface area contributed by atoms with Crippen LogP contribution in [0.15, 0.2) is 35.4 Å². The van der Waals surface area contributed by atoms with Crippen LogP contribution in [0, 0.1) is 0 Å². The Hall–Kier alpha value is -1.91. The van der Waals surface area contributed by atoms with Crippen LogP contribution in [0.4, 0.5) is 4.39 Å². The van der Waals surface area contributed by atoms with Crippen molar-refractivity contribution in [3.63, 3.8) is 0 Å². The lowest BCUT2D eigenvalue weighted by Crippen LogP contribution is -2.36. The van der Waals surface area contributed by atoms with Crippen LogP contribution >= 0.6 is 0 Å². The highest BCUT2D eigenvalue weighted by Gasteiger charge is 2.46. The zero-order valence-electron chi connectivity index (χ0n) is 10.7. The fourth-order valence-corrected chi connectivity index (χ4v) is 2.68. The first-order valence-electron chi connectivity index (χ1n) is 6.56. The molecule has 2 aliphatic rings. The molecule has 0 bridgehead atoms. The lowest BCUT2D eigenvalue weighted by molar-refractivity contribution is -0.112. The largest absolute Gasteiger partial charge is 0.344 e. The van der Waals surface area contributed by atoms with Crippen molar-refractivity contribution >= 4 is 11.6 Å².